The number of carbonyl (C=O) groups is 2. The SMILES string of the molecule is CCOC(=O)CCC(=O)N1CCn2cccc2C1c1ccc(C(C)C)cc1. The zero-order valence-electron chi connectivity index (χ0n) is 16.4. The molecule has 0 saturated carbocycles. The molecule has 0 radical (unpaired) electrons. The molecule has 1 aromatic heterocycles. The van der Waals surface area contributed by atoms with Crippen LogP contribution in [0, 0.1) is 0 Å². The lowest BCUT2D eigenvalue weighted by Crippen LogP contribution is -2.42. The minimum atomic E-state index is -0.316. The van der Waals surface area contributed by atoms with Gasteiger partial charge in [-0.05, 0) is 36.1 Å². The van der Waals surface area contributed by atoms with E-state index in [9.17, 15) is 9.59 Å². The Kier molecular flexibility index (Phi) is 5.99. The summed E-state index contributed by atoms with van der Waals surface area (Å²) in [6.07, 6.45) is 2.37. The lowest BCUT2D eigenvalue weighted by atomic mass is 9.95. The Labute approximate surface area is 160 Å². The highest BCUT2D eigenvalue weighted by Crippen LogP contribution is 2.33. The average Bonchev–Trinajstić information content (AvgIpc) is 3.14. The van der Waals surface area contributed by atoms with E-state index in [2.05, 4.69) is 54.9 Å². The molecule has 0 spiro atoms. The van der Waals surface area contributed by atoms with Crippen molar-refractivity contribution in [1.29, 1.82) is 0 Å². The van der Waals surface area contributed by atoms with Gasteiger partial charge in [-0.1, -0.05) is 38.1 Å². The number of esters is 1. The van der Waals surface area contributed by atoms with Crippen LogP contribution in [0.1, 0.15) is 62.4 Å². The van der Waals surface area contributed by atoms with E-state index < -0.39 is 0 Å². The van der Waals surface area contributed by atoms with E-state index in [4.69, 9.17) is 4.74 Å². The predicted molar refractivity (Wildman–Crippen MR) is 104 cm³/mol. The fourth-order valence-corrected chi connectivity index (χ4v) is 3.65. The molecule has 1 aliphatic rings. The predicted octanol–water partition coefficient (Wildman–Crippen LogP) is 3.89. The second kappa shape index (κ2) is 8.42. The summed E-state index contributed by atoms with van der Waals surface area (Å²) in [5, 5.41) is 0. The largest absolute Gasteiger partial charge is 0.466 e. The monoisotopic (exact) mass is 368 g/mol. The van der Waals surface area contributed by atoms with Crippen molar-refractivity contribution in [1.82, 2.24) is 9.47 Å². The van der Waals surface area contributed by atoms with E-state index >= 15 is 0 Å². The van der Waals surface area contributed by atoms with Gasteiger partial charge in [-0.3, -0.25) is 9.59 Å². The molecule has 0 saturated heterocycles. The first-order valence-corrected chi connectivity index (χ1v) is 9.71. The zero-order valence-corrected chi connectivity index (χ0v) is 16.4. The summed E-state index contributed by atoms with van der Waals surface area (Å²) in [7, 11) is 0. The van der Waals surface area contributed by atoms with E-state index in [0.717, 1.165) is 17.8 Å². The van der Waals surface area contributed by atoms with E-state index in [-0.39, 0.29) is 30.8 Å². The molecular formula is C22H28N2O3. The molecule has 1 unspecified atom stereocenters. The molecule has 27 heavy (non-hydrogen) atoms. The number of fused-ring (bicyclic) bond motifs is 1. The quantitative estimate of drug-likeness (QED) is 0.727. The fourth-order valence-electron chi connectivity index (χ4n) is 3.65. The number of ether oxygens (including phenoxy) is 1. The van der Waals surface area contributed by atoms with Crippen molar-refractivity contribution in [2.75, 3.05) is 13.2 Å². The molecule has 0 aliphatic carbocycles. The molecular weight excluding hydrogens is 340 g/mol. The first-order chi connectivity index (χ1) is 13.0. The molecule has 1 amide bonds. The maximum Gasteiger partial charge on any atom is 0.306 e. The fraction of sp³-hybridized carbons (Fsp3) is 0.455. The van der Waals surface area contributed by atoms with Crippen LogP contribution in [0.4, 0.5) is 0 Å². The first-order valence-electron chi connectivity index (χ1n) is 9.71. The average molecular weight is 368 g/mol. The summed E-state index contributed by atoms with van der Waals surface area (Å²) in [6.45, 7) is 7.87. The van der Waals surface area contributed by atoms with Gasteiger partial charge in [0.05, 0.1) is 19.1 Å². The number of aromatic nitrogens is 1. The lowest BCUT2D eigenvalue weighted by molar-refractivity contribution is -0.146. The van der Waals surface area contributed by atoms with Crippen molar-refractivity contribution in [2.45, 2.75) is 52.1 Å². The standard InChI is InChI=1S/C22H28N2O3/c1-4-27-21(26)12-11-20(25)24-15-14-23-13-5-6-19(23)22(24)18-9-7-17(8-10-18)16(2)3/h5-10,13,16,22H,4,11-12,14-15H2,1-3H3. The molecule has 1 atom stereocenters. The van der Waals surface area contributed by atoms with Crippen molar-refractivity contribution < 1.29 is 14.3 Å². The van der Waals surface area contributed by atoms with Crippen molar-refractivity contribution in [3.8, 4) is 0 Å². The summed E-state index contributed by atoms with van der Waals surface area (Å²) in [4.78, 5) is 26.5. The van der Waals surface area contributed by atoms with E-state index in [0.29, 0.717) is 19.1 Å². The Morgan fingerprint density at radius 3 is 2.52 bits per heavy atom. The summed E-state index contributed by atoms with van der Waals surface area (Å²) in [6, 6.07) is 12.5. The number of hydrogen-bond donors (Lipinski definition) is 0. The summed E-state index contributed by atoms with van der Waals surface area (Å²) < 4.78 is 7.16. The molecule has 0 N–H and O–H groups in total. The van der Waals surface area contributed by atoms with Crippen LogP contribution in [-0.2, 0) is 20.9 Å². The molecule has 2 heterocycles. The molecule has 3 rings (SSSR count). The molecule has 0 fully saturated rings. The summed E-state index contributed by atoms with van der Waals surface area (Å²) in [5.41, 5.74) is 3.50. The maximum atomic E-state index is 12.9. The topological polar surface area (TPSA) is 51.5 Å². The molecule has 5 heteroatoms. The van der Waals surface area contributed by atoms with E-state index in [1.807, 2.05) is 11.0 Å². The number of nitrogens with zero attached hydrogens (tertiary/aromatic N) is 2. The van der Waals surface area contributed by atoms with Gasteiger partial charge in [-0.15, -0.1) is 0 Å². The highest BCUT2D eigenvalue weighted by molar-refractivity contribution is 5.82. The highest BCUT2D eigenvalue weighted by Gasteiger charge is 2.32. The second-order valence-corrected chi connectivity index (χ2v) is 7.24. The Balaban J connectivity index is 1.84. The number of hydrogen-bond acceptors (Lipinski definition) is 3. The van der Waals surface area contributed by atoms with Gasteiger partial charge in [-0.2, -0.15) is 0 Å². The van der Waals surface area contributed by atoms with Crippen molar-refractivity contribution in [3.63, 3.8) is 0 Å². The van der Waals surface area contributed by atoms with Gasteiger partial charge >= 0.3 is 5.97 Å². The van der Waals surface area contributed by atoms with Crippen LogP contribution < -0.4 is 0 Å². The van der Waals surface area contributed by atoms with Crippen molar-refractivity contribution >= 4 is 11.9 Å². The minimum Gasteiger partial charge on any atom is -0.466 e. The molecule has 0 bridgehead atoms. The van der Waals surface area contributed by atoms with Crippen LogP contribution in [0.5, 0.6) is 0 Å². The number of rotatable bonds is 6. The van der Waals surface area contributed by atoms with E-state index in [1.54, 1.807) is 6.92 Å². The van der Waals surface area contributed by atoms with Crippen LogP contribution in [0.3, 0.4) is 0 Å². The minimum absolute atomic E-state index is 0.00607. The third-order valence-corrected chi connectivity index (χ3v) is 5.13. The third-order valence-electron chi connectivity index (χ3n) is 5.13. The van der Waals surface area contributed by atoms with Gasteiger partial charge in [0.15, 0.2) is 0 Å². The Morgan fingerprint density at radius 1 is 1.11 bits per heavy atom. The van der Waals surface area contributed by atoms with Crippen LogP contribution in [0.25, 0.3) is 0 Å². The molecule has 144 valence electrons. The van der Waals surface area contributed by atoms with Gasteiger partial charge < -0.3 is 14.2 Å². The van der Waals surface area contributed by atoms with Crippen LogP contribution in [0.2, 0.25) is 0 Å². The normalized spacial score (nSPS) is 16.3. The third kappa shape index (κ3) is 4.24. The Hall–Kier alpha value is -2.56. The maximum absolute atomic E-state index is 12.9. The summed E-state index contributed by atoms with van der Waals surface area (Å²) >= 11 is 0. The Bertz CT molecular complexity index is 792. The molecule has 1 aromatic carbocycles. The number of carbonyl (C=O) groups excluding carboxylic acids is 2. The number of benzene rings is 1. The first kappa shape index (κ1) is 19.2. The van der Waals surface area contributed by atoms with Crippen LogP contribution in [-0.4, -0.2) is 34.5 Å². The van der Waals surface area contributed by atoms with E-state index in [1.165, 1.54) is 5.56 Å². The van der Waals surface area contributed by atoms with Crippen LogP contribution >= 0.6 is 0 Å². The van der Waals surface area contributed by atoms with Crippen molar-refractivity contribution in [3.05, 3.63) is 59.4 Å². The summed E-state index contributed by atoms with van der Waals surface area (Å²) in [5.74, 6) is 0.147. The van der Waals surface area contributed by atoms with Gasteiger partial charge in [0, 0.05) is 31.4 Å². The smallest absolute Gasteiger partial charge is 0.306 e. The van der Waals surface area contributed by atoms with Gasteiger partial charge in [0.1, 0.15) is 0 Å². The van der Waals surface area contributed by atoms with Gasteiger partial charge in [0.2, 0.25) is 5.91 Å². The number of amides is 1. The highest BCUT2D eigenvalue weighted by atomic mass is 16.5. The Morgan fingerprint density at radius 2 is 1.85 bits per heavy atom. The molecule has 5 nitrogen and oxygen atoms in total. The zero-order chi connectivity index (χ0) is 19.4. The van der Waals surface area contributed by atoms with Gasteiger partial charge in [0.25, 0.3) is 0 Å². The second-order valence-electron chi connectivity index (χ2n) is 7.24. The van der Waals surface area contributed by atoms with Crippen LogP contribution in [0.15, 0.2) is 42.6 Å². The van der Waals surface area contributed by atoms with Crippen molar-refractivity contribution in [2.24, 2.45) is 0 Å². The molecule has 2 aromatic rings. The van der Waals surface area contributed by atoms with Gasteiger partial charge in [-0.25, -0.2) is 0 Å². The lowest BCUT2D eigenvalue weighted by Gasteiger charge is -2.37. The molecule has 1 aliphatic heterocycles.